The van der Waals surface area contributed by atoms with Gasteiger partial charge in [0.15, 0.2) is 0 Å². The Hall–Kier alpha value is -0.600. The lowest BCUT2D eigenvalue weighted by Crippen LogP contribution is -2.23. The van der Waals surface area contributed by atoms with Gasteiger partial charge in [0.2, 0.25) is 0 Å². The molecule has 1 aliphatic heterocycles. The third kappa shape index (κ3) is 0.706. The Bertz CT molecular complexity index is 88.9. The molecule has 0 aliphatic carbocycles. The van der Waals surface area contributed by atoms with Crippen molar-refractivity contribution in [2.24, 2.45) is 10.3 Å². The smallest absolute Gasteiger partial charge is 0.0916 e. The standard InChI is InChI=1S/C4H9N3/c1-3-4(2)6-7-5-3/h3-4H,1-2H3,(H,5,6). The van der Waals surface area contributed by atoms with E-state index < -0.39 is 0 Å². The first-order valence-corrected chi connectivity index (χ1v) is 2.46. The molecule has 1 N–H and O–H groups in total. The van der Waals surface area contributed by atoms with Gasteiger partial charge >= 0.3 is 0 Å². The van der Waals surface area contributed by atoms with Crippen molar-refractivity contribution in [3.05, 3.63) is 0 Å². The summed E-state index contributed by atoms with van der Waals surface area (Å²) in [5, 5.41) is 7.45. The zero-order valence-electron chi connectivity index (χ0n) is 4.55. The lowest BCUT2D eigenvalue weighted by atomic mass is 10.2. The second kappa shape index (κ2) is 1.48. The van der Waals surface area contributed by atoms with Crippen LogP contribution in [-0.2, 0) is 0 Å². The molecule has 0 fully saturated rings. The molecule has 0 spiro atoms. The van der Waals surface area contributed by atoms with Gasteiger partial charge in [-0.25, -0.2) is 0 Å². The fourth-order valence-electron chi connectivity index (χ4n) is 0.423. The van der Waals surface area contributed by atoms with Gasteiger partial charge < -0.3 is 0 Å². The number of hydrogen-bond donors (Lipinski definition) is 1. The molecule has 0 saturated heterocycles. The summed E-state index contributed by atoms with van der Waals surface area (Å²) in [6.45, 7) is 4.10. The topological polar surface area (TPSA) is 36.8 Å². The Morgan fingerprint density at radius 3 is 2.29 bits per heavy atom. The summed E-state index contributed by atoms with van der Waals surface area (Å²) in [5.74, 6) is 0. The molecule has 0 amide bonds. The van der Waals surface area contributed by atoms with Crippen LogP contribution in [0.5, 0.6) is 0 Å². The van der Waals surface area contributed by atoms with Crippen molar-refractivity contribution >= 4 is 0 Å². The Labute approximate surface area is 42.8 Å². The van der Waals surface area contributed by atoms with Gasteiger partial charge in [-0.05, 0) is 13.8 Å². The van der Waals surface area contributed by atoms with Crippen LogP contribution in [0.1, 0.15) is 13.8 Å². The summed E-state index contributed by atoms with van der Waals surface area (Å²) in [4.78, 5) is 0. The minimum absolute atomic E-state index is 0.361. The molecule has 0 radical (unpaired) electrons. The van der Waals surface area contributed by atoms with Crippen LogP contribution in [0.4, 0.5) is 0 Å². The van der Waals surface area contributed by atoms with Crippen molar-refractivity contribution in [1.82, 2.24) is 5.43 Å². The largest absolute Gasteiger partial charge is 0.287 e. The van der Waals surface area contributed by atoms with E-state index in [4.69, 9.17) is 0 Å². The van der Waals surface area contributed by atoms with E-state index in [1.165, 1.54) is 0 Å². The van der Waals surface area contributed by atoms with Crippen molar-refractivity contribution in [3.8, 4) is 0 Å². The number of rotatable bonds is 0. The van der Waals surface area contributed by atoms with E-state index in [2.05, 4.69) is 22.7 Å². The SMILES string of the molecule is CC1N=NNC1C. The highest BCUT2D eigenvalue weighted by molar-refractivity contribution is 4.74. The third-order valence-electron chi connectivity index (χ3n) is 1.22. The van der Waals surface area contributed by atoms with Crippen molar-refractivity contribution in [3.63, 3.8) is 0 Å². The average Bonchev–Trinajstić information content (AvgIpc) is 1.91. The van der Waals surface area contributed by atoms with E-state index >= 15 is 0 Å². The molecule has 0 saturated carbocycles. The maximum atomic E-state index is 3.83. The Morgan fingerprint density at radius 2 is 2.14 bits per heavy atom. The van der Waals surface area contributed by atoms with Crippen LogP contribution in [0.2, 0.25) is 0 Å². The van der Waals surface area contributed by atoms with Crippen LogP contribution in [0.25, 0.3) is 0 Å². The van der Waals surface area contributed by atoms with Crippen molar-refractivity contribution in [2.75, 3.05) is 0 Å². The number of nitrogens with one attached hydrogen (secondary N) is 1. The summed E-state index contributed by atoms with van der Waals surface area (Å²) in [5.41, 5.74) is 2.83. The molecular formula is C4H9N3. The molecule has 1 aliphatic rings. The normalized spacial score (nSPS) is 38.6. The highest BCUT2D eigenvalue weighted by Gasteiger charge is 2.13. The number of hydrogen-bond acceptors (Lipinski definition) is 3. The predicted octanol–water partition coefficient (Wildman–Crippen LogP) is 0.734. The van der Waals surface area contributed by atoms with Gasteiger partial charge in [-0.1, -0.05) is 5.22 Å². The lowest BCUT2D eigenvalue weighted by Gasteiger charge is -2.01. The summed E-state index contributed by atoms with van der Waals surface area (Å²) in [7, 11) is 0. The van der Waals surface area contributed by atoms with Crippen molar-refractivity contribution in [1.29, 1.82) is 0 Å². The van der Waals surface area contributed by atoms with Gasteiger partial charge in [-0.3, -0.25) is 5.43 Å². The van der Waals surface area contributed by atoms with Gasteiger partial charge in [0.05, 0.1) is 12.1 Å². The van der Waals surface area contributed by atoms with E-state index in [-0.39, 0.29) is 0 Å². The van der Waals surface area contributed by atoms with Crippen LogP contribution in [0.3, 0.4) is 0 Å². The van der Waals surface area contributed by atoms with E-state index in [1.54, 1.807) is 0 Å². The second-order valence-electron chi connectivity index (χ2n) is 1.87. The molecule has 2 unspecified atom stereocenters. The van der Waals surface area contributed by atoms with Crippen LogP contribution in [0.15, 0.2) is 10.3 Å². The molecule has 3 heteroatoms. The molecule has 0 aromatic carbocycles. The second-order valence-corrected chi connectivity index (χ2v) is 1.87. The van der Waals surface area contributed by atoms with Crippen LogP contribution >= 0.6 is 0 Å². The molecule has 1 heterocycles. The molecule has 7 heavy (non-hydrogen) atoms. The van der Waals surface area contributed by atoms with E-state index in [9.17, 15) is 0 Å². The van der Waals surface area contributed by atoms with Gasteiger partial charge in [-0.15, -0.1) is 0 Å². The van der Waals surface area contributed by atoms with E-state index in [0.717, 1.165) is 0 Å². The quantitative estimate of drug-likeness (QED) is 0.477. The monoisotopic (exact) mass is 99.1 g/mol. The molecule has 40 valence electrons. The summed E-state index contributed by atoms with van der Waals surface area (Å²) in [6.07, 6.45) is 0. The molecular weight excluding hydrogens is 90.1 g/mol. The molecule has 3 nitrogen and oxygen atoms in total. The Morgan fingerprint density at radius 1 is 1.43 bits per heavy atom. The molecule has 1 rings (SSSR count). The van der Waals surface area contributed by atoms with Gasteiger partial charge in [0.1, 0.15) is 0 Å². The third-order valence-corrected chi connectivity index (χ3v) is 1.22. The molecule has 2 atom stereocenters. The van der Waals surface area contributed by atoms with Crippen LogP contribution < -0.4 is 5.43 Å². The fourth-order valence-corrected chi connectivity index (χ4v) is 0.423. The predicted molar refractivity (Wildman–Crippen MR) is 26.9 cm³/mol. The Balaban J connectivity index is 2.45. The maximum absolute atomic E-state index is 3.83. The van der Waals surface area contributed by atoms with Crippen LogP contribution in [0, 0.1) is 0 Å². The minimum Gasteiger partial charge on any atom is -0.287 e. The average molecular weight is 99.1 g/mol. The summed E-state index contributed by atoms with van der Waals surface area (Å²) >= 11 is 0. The lowest BCUT2D eigenvalue weighted by molar-refractivity contribution is 0.578. The summed E-state index contributed by atoms with van der Waals surface area (Å²) < 4.78 is 0. The zero-order valence-corrected chi connectivity index (χ0v) is 4.55. The molecule has 0 aromatic rings. The van der Waals surface area contributed by atoms with Crippen molar-refractivity contribution < 1.29 is 0 Å². The molecule has 0 aromatic heterocycles. The van der Waals surface area contributed by atoms with Gasteiger partial charge in [0.25, 0.3) is 0 Å². The number of nitrogens with zero attached hydrogens (tertiary/aromatic N) is 2. The van der Waals surface area contributed by atoms with Gasteiger partial charge in [-0.2, -0.15) is 5.11 Å². The highest BCUT2D eigenvalue weighted by Crippen LogP contribution is 2.02. The first-order chi connectivity index (χ1) is 3.30. The van der Waals surface area contributed by atoms with Crippen molar-refractivity contribution in [2.45, 2.75) is 25.9 Å². The zero-order chi connectivity index (χ0) is 5.28. The minimum atomic E-state index is 0.361. The van der Waals surface area contributed by atoms with Gasteiger partial charge in [0, 0.05) is 0 Å². The maximum Gasteiger partial charge on any atom is 0.0916 e. The fraction of sp³-hybridized carbons (Fsp3) is 1.00. The summed E-state index contributed by atoms with van der Waals surface area (Å²) in [6, 6.07) is 0.792. The first kappa shape index (κ1) is 4.56. The first-order valence-electron chi connectivity index (χ1n) is 2.46. The van der Waals surface area contributed by atoms with E-state index in [0.29, 0.717) is 12.1 Å². The van der Waals surface area contributed by atoms with E-state index in [1.807, 2.05) is 6.92 Å². The highest BCUT2D eigenvalue weighted by atomic mass is 15.5. The van der Waals surface area contributed by atoms with Crippen LogP contribution in [-0.4, -0.2) is 12.1 Å². The molecule has 0 bridgehead atoms. The Kier molecular flexibility index (Phi) is 0.964.